The maximum absolute atomic E-state index is 5.93. The fourth-order valence-corrected chi connectivity index (χ4v) is 2.70. The van der Waals surface area contributed by atoms with Crippen LogP contribution in [0.4, 0.5) is 5.82 Å². The molecule has 8 heteroatoms. The third-order valence-corrected chi connectivity index (χ3v) is 3.78. The Morgan fingerprint density at radius 2 is 2.11 bits per heavy atom. The smallest absolute Gasteiger partial charge is 0.226 e. The van der Waals surface area contributed by atoms with Gasteiger partial charge in [-0.05, 0) is 44.6 Å². The van der Waals surface area contributed by atoms with Gasteiger partial charge >= 0.3 is 0 Å². The average Bonchev–Trinajstić information content (AvgIpc) is 2.82. The fourth-order valence-electron chi connectivity index (χ4n) is 2.53. The lowest BCUT2D eigenvalue weighted by Gasteiger charge is -2.29. The minimum absolute atomic E-state index is 0.176. The molecule has 102 valence electrons. The first kappa shape index (κ1) is 12.6. The van der Waals surface area contributed by atoms with Crippen molar-refractivity contribution in [1.29, 1.82) is 0 Å². The zero-order valence-corrected chi connectivity index (χ0v) is 11.4. The molecule has 2 aromatic rings. The number of fused-ring (bicyclic) bond motifs is 1. The van der Waals surface area contributed by atoms with Crippen molar-refractivity contribution in [2.75, 3.05) is 25.6 Å². The van der Waals surface area contributed by atoms with Gasteiger partial charge in [-0.3, -0.25) is 0 Å². The zero-order chi connectivity index (χ0) is 13.4. The molecule has 3 rings (SSSR count). The largest absolute Gasteiger partial charge is 0.312 e. The number of hydrogen-bond acceptors (Lipinski definition) is 6. The number of imidazole rings is 1. The summed E-state index contributed by atoms with van der Waals surface area (Å²) >= 11 is 5.93. The van der Waals surface area contributed by atoms with Gasteiger partial charge in [0.2, 0.25) is 5.28 Å². The minimum atomic E-state index is 0.176. The molecule has 0 bridgehead atoms. The molecule has 3 N–H and O–H groups in total. The molecule has 19 heavy (non-hydrogen) atoms. The average molecular weight is 282 g/mol. The molecular formula is C11H16ClN7. The first-order valence-corrected chi connectivity index (χ1v) is 6.62. The number of halogens is 1. The summed E-state index contributed by atoms with van der Waals surface area (Å²) in [4.78, 5) is 15.0. The van der Waals surface area contributed by atoms with Crippen LogP contribution in [-0.2, 0) is 0 Å². The van der Waals surface area contributed by atoms with Crippen molar-refractivity contribution in [3.63, 3.8) is 0 Å². The van der Waals surface area contributed by atoms with E-state index in [1.165, 1.54) is 0 Å². The Balaban J connectivity index is 2.02. The summed E-state index contributed by atoms with van der Waals surface area (Å²) < 4.78 is 2.08. The van der Waals surface area contributed by atoms with Crippen LogP contribution < -0.4 is 11.3 Å². The highest BCUT2D eigenvalue weighted by molar-refractivity contribution is 6.28. The first-order chi connectivity index (χ1) is 9.19. The van der Waals surface area contributed by atoms with E-state index in [-0.39, 0.29) is 5.28 Å². The van der Waals surface area contributed by atoms with Crippen LogP contribution in [0.1, 0.15) is 18.9 Å². The summed E-state index contributed by atoms with van der Waals surface area (Å²) in [5.74, 6) is 5.90. The monoisotopic (exact) mass is 281 g/mol. The number of anilines is 1. The Morgan fingerprint density at radius 1 is 1.37 bits per heavy atom. The van der Waals surface area contributed by atoms with Crippen molar-refractivity contribution in [2.24, 2.45) is 5.84 Å². The van der Waals surface area contributed by atoms with E-state index in [9.17, 15) is 0 Å². The molecule has 0 amide bonds. The third-order valence-electron chi connectivity index (χ3n) is 3.61. The van der Waals surface area contributed by atoms with E-state index in [1.54, 1.807) is 6.33 Å². The maximum atomic E-state index is 5.93. The second-order valence-corrected chi connectivity index (χ2v) is 5.18. The SMILES string of the molecule is CN1CCC(n2cnc3c(NN)nc(Cl)nc32)CC1. The van der Waals surface area contributed by atoms with E-state index in [2.05, 4.69) is 36.9 Å². The van der Waals surface area contributed by atoms with Crippen molar-refractivity contribution in [2.45, 2.75) is 18.9 Å². The van der Waals surface area contributed by atoms with Crippen molar-refractivity contribution >= 4 is 28.6 Å². The van der Waals surface area contributed by atoms with Gasteiger partial charge in [-0.25, -0.2) is 10.8 Å². The molecule has 0 aliphatic carbocycles. The van der Waals surface area contributed by atoms with Crippen LogP contribution in [0.2, 0.25) is 5.28 Å². The molecular weight excluding hydrogens is 266 g/mol. The number of likely N-dealkylation sites (tertiary alicyclic amines) is 1. The Bertz CT molecular complexity index is 588. The summed E-state index contributed by atoms with van der Waals surface area (Å²) in [5.41, 5.74) is 3.91. The van der Waals surface area contributed by atoms with E-state index in [4.69, 9.17) is 17.4 Å². The number of nitrogens with one attached hydrogen (secondary N) is 1. The molecule has 0 saturated carbocycles. The van der Waals surface area contributed by atoms with Crippen molar-refractivity contribution in [3.05, 3.63) is 11.6 Å². The highest BCUT2D eigenvalue weighted by Gasteiger charge is 2.21. The van der Waals surface area contributed by atoms with Crippen LogP contribution in [0, 0.1) is 0 Å². The molecule has 1 aliphatic heterocycles. The van der Waals surface area contributed by atoms with E-state index in [0.29, 0.717) is 17.4 Å². The summed E-state index contributed by atoms with van der Waals surface area (Å²) in [6.45, 7) is 2.15. The van der Waals surface area contributed by atoms with Crippen LogP contribution >= 0.6 is 11.6 Å². The Hall–Kier alpha value is -1.44. The lowest BCUT2D eigenvalue weighted by atomic mass is 10.1. The van der Waals surface area contributed by atoms with E-state index in [0.717, 1.165) is 31.6 Å². The Kier molecular flexibility index (Phi) is 3.26. The first-order valence-electron chi connectivity index (χ1n) is 6.24. The minimum Gasteiger partial charge on any atom is -0.312 e. The lowest BCUT2D eigenvalue weighted by molar-refractivity contribution is 0.223. The van der Waals surface area contributed by atoms with Crippen LogP contribution in [0.25, 0.3) is 11.2 Å². The predicted octanol–water partition coefficient (Wildman–Crippen LogP) is 1.03. The topological polar surface area (TPSA) is 84.9 Å². The van der Waals surface area contributed by atoms with Crippen LogP contribution in [0.5, 0.6) is 0 Å². The highest BCUT2D eigenvalue weighted by Crippen LogP contribution is 2.27. The van der Waals surface area contributed by atoms with Gasteiger partial charge in [0.05, 0.1) is 6.33 Å². The van der Waals surface area contributed by atoms with Gasteiger partial charge in [0.1, 0.15) is 0 Å². The quantitative estimate of drug-likeness (QED) is 0.486. The number of aromatic nitrogens is 4. The van der Waals surface area contributed by atoms with E-state index < -0.39 is 0 Å². The van der Waals surface area contributed by atoms with Gasteiger partial charge < -0.3 is 14.9 Å². The molecule has 2 aromatic heterocycles. The summed E-state index contributed by atoms with van der Waals surface area (Å²) in [5, 5.41) is 0.176. The lowest BCUT2D eigenvalue weighted by Crippen LogP contribution is -2.31. The van der Waals surface area contributed by atoms with Crippen molar-refractivity contribution in [3.8, 4) is 0 Å². The fraction of sp³-hybridized carbons (Fsp3) is 0.545. The second kappa shape index (κ2) is 4.92. The number of nitrogen functional groups attached to an aromatic ring is 1. The molecule has 3 heterocycles. The molecule has 0 aromatic carbocycles. The van der Waals surface area contributed by atoms with Crippen LogP contribution in [-0.4, -0.2) is 44.6 Å². The number of nitrogens with two attached hydrogens (primary N) is 1. The molecule has 1 fully saturated rings. The molecule has 1 aliphatic rings. The normalized spacial score (nSPS) is 18.1. The molecule has 0 unspecified atom stereocenters. The Labute approximate surface area is 115 Å². The van der Waals surface area contributed by atoms with Gasteiger partial charge in [0.25, 0.3) is 0 Å². The second-order valence-electron chi connectivity index (χ2n) is 4.84. The summed E-state index contributed by atoms with van der Waals surface area (Å²) in [7, 11) is 2.14. The standard InChI is InChI=1S/C11H16ClN7/c1-18-4-2-7(3-5-18)19-6-14-8-9(17-13)15-11(12)16-10(8)19/h6-7H,2-5,13H2,1H3,(H,15,16,17). The van der Waals surface area contributed by atoms with Gasteiger partial charge in [0, 0.05) is 6.04 Å². The number of nitrogens with zero attached hydrogens (tertiary/aromatic N) is 5. The molecule has 0 atom stereocenters. The van der Waals surface area contributed by atoms with Gasteiger partial charge in [-0.2, -0.15) is 9.97 Å². The van der Waals surface area contributed by atoms with Gasteiger partial charge in [-0.15, -0.1) is 0 Å². The maximum Gasteiger partial charge on any atom is 0.226 e. The van der Waals surface area contributed by atoms with Crippen molar-refractivity contribution in [1.82, 2.24) is 24.4 Å². The molecule has 7 nitrogen and oxygen atoms in total. The van der Waals surface area contributed by atoms with Crippen LogP contribution in [0.15, 0.2) is 6.33 Å². The predicted molar refractivity (Wildman–Crippen MR) is 73.9 cm³/mol. The number of piperidine rings is 1. The third kappa shape index (κ3) is 2.24. The van der Waals surface area contributed by atoms with E-state index in [1.807, 2.05) is 0 Å². The summed E-state index contributed by atoms with van der Waals surface area (Å²) in [6.07, 6.45) is 3.95. The Morgan fingerprint density at radius 3 is 2.79 bits per heavy atom. The highest BCUT2D eigenvalue weighted by atomic mass is 35.5. The molecule has 1 saturated heterocycles. The summed E-state index contributed by atoms with van der Waals surface area (Å²) in [6, 6.07) is 0.401. The van der Waals surface area contributed by atoms with Crippen LogP contribution in [0.3, 0.4) is 0 Å². The molecule has 0 radical (unpaired) electrons. The number of hydrogen-bond donors (Lipinski definition) is 2. The van der Waals surface area contributed by atoms with E-state index >= 15 is 0 Å². The zero-order valence-electron chi connectivity index (χ0n) is 10.7. The number of rotatable bonds is 2. The van der Waals surface area contributed by atoms with Gasteiger partial charge in [-0.1, -0.05) is 0 Å². The molecule has 0 spiro atoms. The number of hydrazine groups is 1. The van der Waals surface area contributed by atoms with Crippen molar-refractivity contribution < 1.29 is 0 Å². The van der Waals surface area contributed by atoms with Gasteiger partial charge in [0.15, 0.2) is 17.0 Å².